The Bertz CT molecular complexity index is 994. The smallest absolute Gasteiger partial charge is 0.249 e. The molecule has 0 spiro atoms. The van der Waals surface area contributed by atoms with Gasteiger partial charge < -0.3 is 4.42 Å². The molecule has 0 atom stereocenters. The van der Waals surface area contributed by atoms with Crippen LogP contribution in [0.25, 0.3) is 22.9 Å². The van der Waals surface area contributed by atoms with E-state index >= 15 is 0 Å². The van der Waals surface area contributed by atoms with Crippen molar-refractivity contribution in [3.05, 3.63) is 90.0 Å². The molecular formula is C22H18N2OS. The maximum absolute atomic E-state index is 5.93. The second-order valence-corrected chi connectivity index (χ2v) is 7.07. The summed E-state index contributed by atoms with van der Waals surface area (Å²) in [7, 11) is 0. The topological polar surface area (TPSA) is 38.9 Å². The zero-order valence-corrected chi connectivity index (χ0v) is 15.2. The molecule has 0 aliphatic carbocycles. The van der Waals surface area contributed by atoms with E-state index in [1.54, 1.807) is 11.8 Å². The van der Waals surface area contributed by atoms with E-state index in [1.165, 1.54) is 11.1 Å². The van der Waals surface area contributed by atoms with E-state index in [9.17, 15) is 0 Å². The van der Waals surface area contributed by atoms with Gasteiger partial charge in [-0.3, -0.25) is 0 Å². The van der Waals surface area contributed by atoms with Crippen LogP contribution in [-0.4, -0.2) is 10.2 Å². The van der Waals surface area contributed by atoms with Crippen LogP contribution in [0.4, 0.5) is 0 Å². The van der Waals surface area contributed by atoms with Gasteiger partial charge in [0, 0.05) is 16.2 Å². The number of benzene rings is 3. The molecule has 4 rings (SSSR count). The molecule has 128 valence electrons. The van der Waals surface area contributed by atoms with Crippen LogP contribution in [0, 0.1) is 6.92 Å². The molecule has 0 aliphatic rings. The molecule has 0 saturated heterocycles. The highest BCUT2D eigenvalue weighted by Gasteiger charge is 2.14. The van der Waals surface area contributed by atoms with Gasteiger partial charge in [-0.15, -0.1) is 22.0 Å². The van der Waals surface area contributed by atoms with Gasteiger partial charge in [-0.1, -0.05) is 60.2 Å². The molecule has 26 heavy (non-hydrogen) atoms. The van der Waals surface area contributed by atoms with Crippen molar-refractivity contribution in [2.75, 3.05) is 0 Å². The zero-order valence-electron chi connectivity index (χ0n) is 14.4. The van der Waals surface area contributed by atoms with E-state index in [1.807, 2.05) is 48.5 Å². The second kappa shape index (κ2) is 7.58. The van der Waals surface area contributed by atoms with Crippen molar-refractivity contribution in [3.63, 3.8) is 0 Å². The minimum absolute atomic E-state index is 0.541. The molecule has 0 amide bonds. The maximum Gasteiger partial charge on any atom is 0.249 e. The van der Waals surface area contributed by atoms with E-state index in [0.717, 1.165) is 21.8 Å². The van der Waals surface area contributed by atoms with Crippen LogP contribution < -0.4 is 0 Å². The molecule has 0 bridgehead atoms. The van der Waals surface area contributed by atoms with Crippen molar-refractivity contribution in [1.29, 1.82) is 0 Å². The fraction of sp³-hybridized carbons (Fsp3) is 0.0909. The third-order valence-corrected chi connectivity index (χ3v) is 5.22. The summed E-state index contributed by atoms with van der Waals surface area (Å²) in [6.07, 6.45) is 0. The normalized spacial score (nSPS) is 10.8. The standard InChI is InChI=1S/C22H18N2OS/c1-16-11-13-17(14-12-16)15-26-20-10-6-5-9-19(20)22-24-23-21(25-22)18-7-3-2-4-8-18/h2-14H,15H2,1H3. The average Bonchev–Trinajstić information content (AvgIpc) is 3.19. The number of aryl methyl sites for hydroxylation is 1. The first-order valence-electron chi connectivity index (χ1n) is 8.46. The molecule has 0 aliphatic heterocycles. The SMILES string of the molecule is Cc1ccc(CSc2ccccc2-c2nnc(-c3ccccc3)o2)cc1. The highest BCUT2D eigenvalue weighted by molar-refractivity contribution is 7.98. The van der Waals surface area contributed by atoms with Crippen LogP contribution in [0.15, 0.2) is 88.2 Å². The largest absolute Gasteiger partial charge is 0.416 e. The predicted molar refractivity (Wildman–Crippen MR) is 106 cm³/mol. The van der Waals surface area contributed by atoms with Crippen molar-refractivity contribution in [2.45, 2.75) is 17.6 Å². The average molecular weight is 358 g/mol. The monoisotopic (exact) mass is 358 g/mol. The Kier molecular flexibility index (Phi) is 4.84. The van der Waals surface area contributed by atoms with E-state index in [2.05, 4.69) is 47.5 Å². The molecular weight excluding hydrogens is 340 g/mol. The predicted octanol–water partition coefficient (Wildman–Crippen LogP) is 6.00. The summed E-state index contributed by atoms with van der Waals surface area (Å²) >= 11 is 1.78. The fourth-order valence-electron chi connectivity index (χ4n) is 2.64. The highest BCUT2D eigenvalue weighted by atomic mass is 32.2. The Labute approximate surface area is 157 Å². The lowest BCUT2D eigenvalue weighted by atomic mass is 10.2. The van der Waals surface area contributed by atoms with Crippen LogP contribution in [0.2, 0.25) is 0 Å². The minimum Gasteiger partial charge on any atom is -0.416 e. The molecule has 3 aromatic carbocycles. The van der Waals surface area contributed by atoms with Gasteiger partial charge in [-0.25, -0.2) is 0 Å². The van der Waals surface area contributed by atoms with Gasteiger partial charge in [0.1, 0.15) is 0 Å². The summed E-state index contributed by atoms with van der Waals surface area (Å²) in [6, 6.07) is 26.6. The lowest BCUT2D eigenvalue weighted by molar-refractivity contribution is 0.583. The number of nitrogens with zero attached hydrogens (tertiary/aromatic N) is 2. The van der Waals surface area contributed by atoms with Crippen molar-refractivity contribution < 1.29 is 4.42 Å². The Morgan fingerprint density at radius 3 is 2.27 bits per heavy atom. The summed E-state index contributed by atoms with van der Waals surface area (Å²) in [5.74, 6) is 1.99. The summed E-state index contributed by atoms with van der Waals surface area (Å²) in [5.41, 5.74) is 4.47. The van der Waals surface area contributed by atoms with Crippen LogP contribution >= 0.6 is 11.8 Å². The van der Waals surface area contributed by atoms with Gasteiger partial charge in [0.15, 0.2) is 0 Å². The van der Waals surface area contributed by atoms with Crippen LogP contribution in [-0.2, 0) is 5.75 Å². The summed E-state index contributed by atoms with van der Waals surface area (Å²) < 4.78 is 5.93. The number of hydrogen-bond acceptors (Lipinski definition) is 4. The first-order valence-corrected chi connectivity index (χ1v) is 9.45. The van der Waals surface area contributed by atoms with E-state index in [-0.39, 0.29) is 0 Å². The Hall–Kier alpha value is -2.85. The van der Waals surface area contributed by atoms with E-state index < -0.39 is 0 Å². The van der Waals surface area contributed by atoms with Crippen molar-refractivity contribution in [1.82, 2.24) is 10.2 Å². The van der Waals surface area contributed by atoms with Gasteiger partial charge in [-0.2, -0.15) is 0 Å². The first-order chi connectivity index (χ1) is 12.8. The summed E-state index contributed by atoms with van der Waals surface area (Å²) in [4.78, 5) is 1.14. The number of thioether (sulfide) groups is 1. The van der Waals surface area contributed by atoms with Crippen LogP contribution in [0.3, 0.4) is 0 Å². The fourth-order valence-corrected chi connectivity index (χ4v) is 3.64. The molecule has 4 aromatic rings. The van der Waals surface area contributed by atoms with Gasteiger partial charge in [0.25, 0.3) is 0 Å². The van der Waals surface area contributed by atoms with Gasteiger partial charge in [0.05, 0.1) is 5.56 Å². The molecule has 4 heteroatoms. The Balaban J connectivity index is 1.58. The molecule has 1 aromatic heterocycles. The Morgan fingerprint density at radius 2 is 1.46 bits per heavy atom. The molecule has 1 heterocycles. The quantitative estimate of drug-likeness (QED) is 0.410. The first kappa shape index (κ1) is 16.6. The van der Waals surface area contributed by atoms with Gasteiger partial charge >= 0.3 is 0 Å². The Morgan fingerprint density at radius 1 is 0.769 bits per heavy atom. The molecule has 0 unspecified atom stereocenters. The van der Waals surface area contributed by atoms with E-state index in [4.69, 9.17) is 4.42 Å². The van der Waals surface area contributed by atoms with Gasteiger partial charge in [0.2, 0.25) is 11.8 Å². The lowest BCUT2D eigenvalue weighted by Crippen LogP contribution is -1.85. The van der Waals surface area contributed by atoms with Crippen LogP contribution in [0.5, 0.6) is 0 Å². The molecule has 0 fully saturated rings. The van der Waals surface area contributed by atoms with Crippen LogP contribution in [0.1, 0.15) is 11.1 Å². The second-order valence-electron chi connectivity index (χ2n) is 6.05. The van der Waals surface area contributed by atoms with E-state index in [0.29, 0.717) is 11.8 Å². The summed E-state index contributed by atoms with van der Waals surface area (Å²) in [5, 5.41) is 8.47. The number of aromatic nitrogens is 2. The number of rotatable bonds is 5. The number of hydrogen-bond donors (Lipinski definition) is 0. The third kappa shape index (κ3) is 3.70. The third-order valence-electron chi connectivity index (χ3n) is 4.08. The zero-order chi connectivity index (χ0) is 17.8. The molecule has 0 radical (unpaired) electrons. The summed E-state index contributed by atoms with van der Waals surface area (Å²) in [6.45, 7) is 2.10. The molecule has 0 N–H and O–H groups in total. The molecule has 0 saturated carbocycles. The highest BCUT2D eigenvalue weighted by Crippen LogP contribution is 2.33. The van der Waals surface area contributed by atoms with Crippen molar-refractivity contribution >= 4 is 11.8 Å². The lowest BCUT2D eigenvalue weighted by Gasteiger charge is -2.06. The van der Waals surface area contributed by atoms with Crippen molar-refractivity contribution in [3.8, 4) is 22.9 Å². The maximum atomic E-state index is 5.93. The minimum atomic E-state index is 0.541. The molecule has 3 nitrogen and oxygen atoms in total. The van der Waals surface area contributed by atoms with Gasteiger partial charge in [-0.05, 0) is 36.8 Å². The van der Waals surface area contributed by atoms with Crippen molar-refractivity contribution in [2.24, 2.45) is 0 Å².